The van der Waals surface area contributed by atoms with Crippen LogP contribution >= 0.6 is 11.8 Å². The van der Waals surface area contributed by atoms with Crippen LogP contribution in [0.25, 0.3) is 11.4 Å². The molecule has 0 amide bonds. The molecule has 0 aromatic carbocycles. The highest BCUT2D eigenvalue weighted by molar-refractivity contribution is 7.99. The van der Waals surface area contributed by atoms with Crippen molar-refractivity contribution in [3.05, 3.63) is 42.1 Å². The molecule has 3 nitrogen and oxygen atoms in total. The Morgan fingerprint density at radius 1 is 1.24 bits per heavy atom. The molecular formula is C13H11N3S. The number of thioether (sulfide) groups is 1. The number of hydrogen-bond acceptors (Lipinski definition) is 4. The van der Waals surface area contributed by atoms with Crippen molar-refractivity contribution in [1.29, 1.82) is 5.26 Å². The Labute approximate surface area is 105 Å². The van der Waals surface area contributed by atoms with Gasteiger partial charge in [-0.2, -0.15) is 5.26 Å². The van der Waals surface area contributed by atoms with E-state index < -0.39 is 0 Å². The fraction of sp³-hybridized carbons (Fsp3) is 0.154. The molecule has 2 heterocycles. The van der Waals surface area contributed by atoms with Gasteiger partial charge in [0.05, 0.1) is 17.0 Å². The van der Waals surface area contributed by atoms with Crippen molar-refractivity contribution >= 4 is 11.8 Å². The minimum Gasteiger partial charge on any atom is -0.255 e. The molecule has 4 heteroatoms. The van der Waals surface area contributed by atoms with E-state index in [1.54, 1.807) is 24.0 Å². The van der Waals surface area contributed by atoms with Crippen LogP contribution in [0.3, 0.4) is 0 Å². The highest BCUT2D eigenvalue weighted by atomic mass is 32.2. The highest BCUT2D eigenvalue weighted by Crippen LogP contribution is 2.23. The maximum Gasteiger partial charge on any atom is 0.115 e. The molecule has 0 atom stereocenters. The molecule has 2 rings (SSSR count). The van der Waals surface area contributed by atoms with Crippen molar-refractivity contribution in [2.45, 2.75) is 11.9 Å². The molecule has 0 unspecified atom stereocenters. The van der Waals surface area contributed by atoms with E-state index in [-0.39, 0.29) is 0 Å². The van der Waals surface area contributed by atoms with E-state index in [1.165, 1.54) is 0 Å². The zero-order valence-electron chi connectivity index (χ0n) is 9.42. The van der Waals surface area contributed by atoms with Crippen LogP contribution in [0.1, 0.15) is 12.5 Å². The standard InChI is InChI=1S/C13H11N3S/c1-2-17-13-10(9-14)6-7-12(16-13)11-5-3-4-8-15-11/h3-8H,2H2,1H3. The Kier molecular flexibility index (Phi) is 3.73. The lowest BCUT2D eigenvalue weighted by Crippen LogP contribution is -1.92. The van der Waals surface area contributed by atoms with E-state index >= 15 is 0 Å². The van der Waals surface area contributed by atoms with Gasteiger partial charge in [0, 0.05) is 6.20 Å². The summed E-state index contributed by atoms with van der Waals surface area (Å²) in [7, 11) is 0. The molecule has 0 saturated heterocycles. The van der Waals surface area contributed by atoms with Crippen LogP contribution < -0.4 is 0 Å². The fourth-order valence-electron chi connectivity index (χ4n) is 1.43. The first-order valence-corrected chi connectivity index (χ1v) is 6.29. The monoisotopic (exact) mass is 241 g/mol. The highest BCUT2D eigenvalue weighted by Gasteiger charge is 2.07. The van der Waals surface area contributed by atoms with E-state index in [2.05, 4.69) is 16.0 Å². The Balaban J connectivity index is 2.45. The van der Waals surface area contributed by atoms with E-state index in [1.807, 2.05) is 31.2 Å². The Hall–Kier alpha value is -1.86. The number of hydrogen-bond donors (Lipinski definition) is 0. The van der Waals surface area contributed by atoms with Crippen LogP contribution in [-0.2, 0) is 0 Å². The molecule has 0 aliphatic carbocycles. The van der Waals surface area contributed by atoms with Crippen molar-refractivity contribution in [3.8, 4) is 17.5 Å². The number of aromatic nitrogens is 2. The van der Waals surface area contributed by atoms with Gasteiger partial charge in [0.15, 0.2) is 0 Å². The van der Waals surface area contributed by atoms with E-state index in [4.69, 9.17) is 5.26 Å². The summed E-state index contributed by atoms with van der Waals surface area (Å²) in [6, 6.07) is 11.5. The molecule has 0 spiro atoms. The summed E-state index contributed by atoms with van der Waals surface area (Å²) >= 11 is 1.57. The Bertz CT molecular complexity index is 546. The average molecular weight is 241 g/mol. The van der Waals surface area contributed by atoms with Crippen LogP contribution in [0.15, 0.2) is 41.6 Å². The summed E-state index contributed by atoms with van der Waals surface area (Å²) in [5, 5.41) is 9.76. The number of pyridine rings is 2. The van der Waals surface area contributed by atoms with Gasteiger partial charge >= 0.3 is 0 Å². The van der Waals surface area contributed by atoms with Crippen LogP contribution in [0, 0.1) is 11.3 Å². The van der Waals surface area contributed by atoms with Gasteiger partial charge < -0.3 is 0 Å². The van der Waals surface area contributed by atoms with Gasteiger partial charge in [-0.05, 0) is 30.0 Å². The molecule has 0 bridgehead atoms. The van der Waals surface area contributed by atoms with E-state index in [0.29, 0.717) is 5.56 Å². The molecule has 2 aromatic heterocycles. The molecule has 84 valence electrons. The quantitative estimate of drug-likeness (QED) is 0.775. The van der Waals surface area contributed by atoms with Gasteiger partial charge in [0.25, 0.3) is 0 Å². The van der Waals surface area contributed by atoms with Crippen LogP contribution in [-0.4, -0.2) is 15.7 Å². The lowest BCUT2D eigenvalue weighted by Gasteiger charge is -2.04. The number of rotatable bonds is 3. The number of nitrogens with zero attached hydrogens (tertiary/aromatic N) is 3. The predicted octanol–water partition coefficient (Wildman–Crippen LogP) is 3.13. The van der Waals surface area contributed by atoms with Crippen molar-refractivity contribution < 1.29 is 0 Å². The van der Waals surface area contributed by atoms with Crippen molar-refractivity contribution in [3.63, 3.8) is 0 Å². The summed E-state index contributed by atoms with van der Waals surface area (Å²) in [4.78, 5) is 8.73. The van der Waals surface area contributed by atoms with E-state index in [0.717, 1.165) is 22.2 Å². The molecule has 0 N–H and O–H groups in total. The minimum atomic E-state index is 0.622. The zero-order chi connectivity index (χ0) is 12.1. The predicted molar refractivity (Wildman–Crippen MR) is 68.6 cm³/mol. The Morgan fingerprint density at radius 2 is 2.12 bits per heavy atom. The summed E-state index contributed by atoms with van der Waals surface area (Å²) in [6.45, 7) is 2.04. The second-order valence-corrected chi connectivity index (χ2v) is 4.56. The second-order valence-electron chi connectivity index (χ2n) is 3.31. The summed E-state index contributed by atoms with van der Waals surface area (Å²) in [5.74, 6) is 0.896. The van der Waals surface area contributed by atoms with Crippen molar-refractivity contribution in [2.24, 2.45) is 0 Å². The smallest absolute Gasteiger partial charge is 0.115 e. The molecule has 0 aliphatic rings. The van der Waals surface area contributed by atoms with Gasteiger partial charge in [-0.1, -0.05) is 13.0 Å². The fourth-order valence-corrected chi connectivity index (χ4v) is 2.13. The minimum absolute atomic E-state index is 0.622. The lowest BCUT2D eigenvalue weighted by molar-refractivity contribution is 1.10. The largest absolute Gasteiger partial charge is 0.255 e. The third-order valence-corrected chi connectivity index (χ3v) is 3.06. The maximum atomic E-state index is 8.99. The molecule has 17 heavy (non-hydrogen) atoms. The Morgan fingerprint density at radius 3 is 2.76 bits per heavy atom. The normalized spacial score (nSPS) is 9.88. The van der Waals surface area contributed by atoms with Crippen LogP contribution in [0.5, 0.6) is 0 Å². The maximum absolute atomic E-state index is 8.99. The molecule has 0 saturated carbocycles. The number of nitriles is 1. The topological polar surface area (TPSA) is 49.6 Å². The molecule has 2 aromatic rings. The first-order valence-electron chi connectivity index (χ1n) is 5.30. The summed E-state index contributed by atoms with van der Waals surface area (Å²) < 4.78 is 0. The first-order chi connectivity index (χ1) is 8.35. The van der Waals surface area contributed by atoms with Crippen molar-refractivity contribution in [2.75, 3.05) is 5.75 Å². The molecule has 0 aliphatic heterocycles. The average Bonchev–Trinajstić information content (AvgIpc) is 2.40. The van der Waals surface area contributed by atoms with Crippen LogP contribution in [0.2, 0.25) is 0 Å². The first kappa shape index (κ1) is 11.6. The SMILES string of the molecule is CCSc1nc(-c2ccccn2)ccc1C#N. The zero-order valence-corrected chi connectivity index (χ0v) is 10.2. The third-order valence-electron chi connectivity index (χ3n) is 2.19. The summed E-state index contributed by atoms with van der Waals surface area (Å²) in [6.07, 6.45) is 1.74. The lowest BCUT2D eigenvalue weighted by atomic mass is 10.2. The summed E-state index contributed by atoms with van der Waals surface area (Å²) in [5.41, 5.74) is 2.26. The van der Waals surface area contributed by atoms with E-state index in [9.17, 15) is 0 Å². The van der Waals surface area contributed by atoms with Crippen molar-refractivity contribution in [1.82, 2.24) is 9.97 Å². The van der Waals surface area contributed by atoms with Crippen LogP contribution in [0.4, 0.5) is 0 Å². The molecule has 0 radical (unpaired) electrons. The van der Waals surface area contributed by atoms with Gasteiger partial charge in [0.1, 0.15) is 11.1 Å². The third kappa shape index (κ3) is 2.63. The van der Waals surface area contributed by atoms with Gasteiger partial charge in [-0.25, -0.2) is 4.98 Å². The second kappa shape index (κ2) is 5.46. The molecular weight excluding hydrogens is 230 g/mol. The van der Waals surface area contributed by atoms with Gasteiger partial charge in [-0.3, -0.25) is 4.98 Å². The van der Waals surface area contributed by atoms with Gasteiger partial charge in [-0.15, -0.1) is 11.8 Å². The van der Waals surface area contributed by atoms with Gasteiger partial charge in [0.2, 0.25) is 0 Å². The molecule has 0 fully saturated rings.